The Bertz CT molecular complexity index is 800. The average molecular weight is 371 g/mol. The number of hydrogen-bond acceptors (Lipinski definition) is 5. The molecule has 1 aromatic rings. The van der Waals surface area contributed by atoms with Gasteiger partial charge in [0.25, 0.3) is 5.91 Å². The molecule has 0 saturated carbocycles. The Balaban J connectivity index is 1.88. The van der Waals surface area contributed by atoms with Gasteiger partial charge in [0.05, 0.1) is 12.7 Å². The zero-order valence-electron chi connectivity index (χ0n) is 15.7. The van der Waals surface area contributed by atoms with Crippen LogP contribution in [0.15, 0.2) is 42.7 Å². The number of methoxy groups -OCH3 is 1. The summed E-state index contributed by atoms with van der Waals surface area (Å²) in [5.74, 6) is 0.443. The van der Waals surface area contributed by atoms with Gasteiger partial charge in [-0.05, 0) is 42.9 Å². The summed E-state index contributed by atoms with van der Waals surface area (Å²) in [6, 6.07) is 5.41. The minimum Gasteiger partial charge on any atom is -0.496 e. The van der Waals surface area contributed by atoms with Crippen LogP contribution < -0.4 is 10.5 Å². The lowest BCUT2D eigenvalue weighted by atomic mass is 9.71. The Hall–Kier alpha value is -2.60. The molecule has 3 rings (SSSR count). The predicted octanol–water partition coefficient (Wildman–Crippen LogP) is 2.76. The number of nitrogens with two attached hydrogens (primary N) is 1. The van der Waals surface area contributed by atoms with Crippen LogP contribution in [0.5, 0.6) is 5.75 Å². The van der Waals surface area contributed by atoms with Crippen LogP contribution in [0.3, 0.4) is 0 Å². The second-order valence-electron chi connectivity index (χ2n) is 7.14. The molecule has 0 radical (unpaired) electrons. The standard InChI is InChI=1S/C21H25NO5/c1-4-5-15-11-21(19(10-17(15)23)26-12-27-21)13(2)8-14-6-7-18(25-3)16(9-14)20(22)24/h4,6-7,9-10,13,15H,1,5,8,11-12H2,2-3H3,(H2,22,24)/t13-,15-,21+/m0/s1. The molecule has 2 aliphatic rings. The van der Waals surface area contributed by atoms with E-state index in [9.17, 15) is 9.59 Å². The maximum Gasteiger partial charge on any atom is 0.252 e. The number of rotatable bonds is 7. The van der Waals surface area contributed by atoms with Gasteiger partial charge in [-0.2, -0.15) is 0 Å². The lowest BCUT2D eigenvalue weighted by molar-refractivity contribution is -0.123. The van der Waals surface area contributed by atoms with Crippen LogP contribution in [-0.4, -0.2) is 31.2 Å². The topological polar surface area (TPSA) is 87.8 Å². The van der Waals surface area contributed by atoms with Crippen molar-refractivity contribution >= 4 is 11.7 Å². The summed E-state index contributed by atoms with van der Waals surface area (Å²) in [6.07, 6.45) is 5.14. The van der Waals surface area contributed by atoms with E-state index in [0.717, 1.165) is 5.56 Å². The maximum absolute atomic E-state index is 12.3. The molecular weight excluding hydrogens is 346 g/mol. The van der Waals surface area contributed by atoms with E-state index in [4.69, 9.17) is 19.9 Å². The molecule has 27 heavy (non-hydrogen) atoms. The third-order valence-electron chi connectivity index (χ3n) is 5.49. The first-order valence-electron chi connectivity index (χ1n) is 9.01. The van der Waals surface area contributed by atoms with Crippen LogP contribution in [0.4, 0.5) is 0 Å². The largest absolute Gasteiger partial charge is 0.496 e. The van der Waals surface area contributed by atoms with Crippen molar-refractivity contribution in [3.8, 4) is 5.75 Å². The van der Waals surface area contributed by atoms with E-state index >= 15 is 0 Å². The summed E-state index contributed by atoms with van der Waals surface area (Å²) in [7, 11) is 1.50. The van der Waals surface area contributed by atoms with Gasteiger partial charge in [-0.1, -0.05) is 19.1 Å². The number of benzene rings is 1. The molecule has 0 unspecified atom stereocenters. The smallest absolute Gasteiger partial charge is 0.252 e. The highest BCUT2D eigenvalue weighted by atomic mass is 16.7. The second-order valence-corrected chi connectivity index (χ2v) is 7.14. The van der Waals surface area contributed by atoms with Crippen LogP contribution in [-0.2, 0) is 20.7 Å². The van der Waals surface area contributed by atoms with Gasteiger partial charge in [0.2, 0.25) is 0 Å². The number of ether oxygens (including phenoxy) is 3. The highest BCUT2D eigenvalue weighted by Gasteiger charge is 2.51. The van der Waals surface area contributed by atoms with Crippen molar-refractivity contribution in [2.24, 2.45) is 17.6 Å². The Morgan fingerprint density at radius 2 is 2.30 bits per heavy atom. The summed E-state index contributed by atoms with van der Waals surface area (Å²) in [4.78, 5) is 24.0. The normalized spacial score (nSPS) is 25.2. The first-order chi connectivity index (χ1) is 12.9. The van der Waals surface area contributed by atoms with Crippen LogP contribution >= 0.6 is 0 Å². The fraction of sp³-hybridized carbons (Fsp3) is 0.429. The van der Waals surface area contributed by atoms with Gasteiger partial charge in [0.15, 0.2) is 12.6 Å². The number of hydrogen-bond donors (Lipinski definition) is 1. The lowest BCUT2D eigenvalue weighted by Gasteiger charge is -2.38. The molecule has 3 atom stereocenters. The summed E-state index contributed by atoms with van der Waals surface area (Å²) in [6.45, 7) is 5.96. The highest BCUT2D eigenvalue weighted by Crippen LogP contribution is 2.46. The van der Waals surface area contributed by atoms with E-state index in [1.165, 1.54) is 7.11 Å². The van der Waals surface area contributed by atoms with E-state index in [1.54, 1.807) is 24.3 Å². The van der Waals surface area contributed by atoms with Crippen LogP contribution in [0.1, 0.15) is 35.7 Å². The van der Waals surface area contributed by atoms with Crippen molar-refractivity contribution in [3.63, 3.8) is 0 Å². The molecule has 0 aromatic heterocycles. The molecule has 2 N–H and O–H groups in total. The van der Waals surface area contributed by atoms with Crippen molar-refractivity contribution < 1.29 is 23.8 Å². The molecule has 0 spiro atoms. The Kier molecular flexibility index (Phi) is 5.37. The summed E-state index contributed by atoms with van der Waals surface area (Å²) in [5.41, 5.74) is 6.11. The number of ketones is 1. The number of carbonyl (C=O) groups is 2. The fourth-order valence-corrected chi connectivity index (χ4v) is 4.01. The second kappa shape index (κ2) is 7.56. The molecule has 0 bridgehead atoms. The third-order valence-corrected chi connectivity index (χ3v) is 5.49. The number of amides is 1. The first-order valence-corrected chi connectivity index (χ1v) is 9.01. The van der Waals surface area contributed by atoms with Crippen molar-refractivity contribution in [3.05, 3.63) is 53.8 Å². The summed E-state index contributed by atoms with van der Waals surface area (Å²) < 4.78 is 16.8. The van der Waals surface area contributed by atoms with Gasteiger partial charge >= 0.3 is 0 Å². The first kappa shape index (κ1) is 19.2. The zero-order valence-corrected chi connectivity index (χ0v) is 15.7. The van der Waals surface area contributed by atoms with Crippen LogP contribution in [0, 0.1) is 11.8 Å². The Morgan fingerprint density at radius 1 is 1.52 bits per heavy atom. The maximum atomic E-state index is 12.3. The van der Waals surface area contributed by atoms with E-state index in [1.807, 2.05) is 6.07 Å². The molecule has 1 amide bonds. The zero-order chi connectivity index (χ0) is 19.6. The van der Waals surface area contributed by atoms with Crippen LogP contribution in [0.25, 0.3) is 0 Å². The van der Waals surface area contributed by atoms with Gasteiger partial charge in [0, 0.05) is 12.0 Å². The van der Waals surface area contributed by atoms with Crippen molar-refractivity contribution in [1.82, 2.24) is 0 Å². The van der Waals surface area contributed by atoms with Gasteiger partial charge in [-0.15, -0.1) is 6.58 Å². The van der Waals surface area contributed by atoms with Gasteiger partial charge < -0.3 is 19.9 Å². The monoisotopic (exact) mass is 371 g/mol. The van der Waals surface area contributed by atoms with E-state index in [2.05, 4.69) is 13.5 Å². The summed E-state index contributed by atoms with van der Waals surface area (Å²) >= 11 is 0. The van der Waals surface area contributed by atoms with E-state index in [0.29, 0.717) is 36.3 Å². The molecule has 144 valence electrons. The molecule has 1 aliphatic heterocycles. The highest BCUT2D eigenvalue weighted by molar-refractivity contribution is 5.96. The predicted molar refractivity (Wildman–Crippen MR) is 100 cm³/mol. The van der Waals surface area contributed by atoms with E-state index in [-0.39, 0.29) is 24.4 Å². The minimum atomic E-state index is -0.644. The third kappa shape index (κ3) is 3.49. The number of fused-ring (bicyclic) bond motifs is 1. The molecule has 1 aromatic carbocycles. The molecule has 6 heteroatoms. The number of carbonyl (C=O) groups excluding carboxylic acids is 2. The fourth-order valence-electron chi connectivity index (χ4n) is 4.01. The molecular formula is C21H25NO5. The lowest BCUT2D eigenvalue weighted by Crippen LogP contribution is -2.44. The van der Waals surface area contributed by atoms with Gasteiger partial charge in [-0.25, -0.2) is 0 Å². The number of allylic oxidation sites excluding steroid dienone is 2. The van der Waals surface area contributed by atoms with Gasteiger partial charge in [-0.3, -0.25) is 9.59 Å². The summed E-state index contributed by atoms with van der Waals surface area (Å²) in [5, 5.41) is 0. The molecule has 1 heterocycles. The van der Waals surface area contributed by atoms with E-state index < -0.39 is 11.5 Å². The van der Waals surface area contributed by atoms with Crippen molar-refractivity contribution in [1.29, 1.82) is 0 Å². The molecule has 1 fully saturated rings. The van der Waals surface area contributed by atoms with Gasteiger partial charge in [0.1, 0.15) is 17.1 Å². The SMILES string of the molecule is C=CC[C@H]1C[C@]2([C@@H](C)Cc3ccc(OC)c(C(N)=O)c3)OCOC2=CC1=O. The Labute approximate surface area is 159 Å². The molecule has 1 saturated heterocycles. The minimum absolute atomic E-state index is 0.0285. The molecule has 1 aliphatic carbocycles. The van der Waals surface area contributed by atoms with Crippen molar-refractivity contribution in [2.45, 2.75) is 31.8 Å². The average Bonchev–Trinajstić information content (AvgIpc) is 3.06. The molecule has 6 nitrogen and oxygen atoms in total. The van der Waals surface area contributed by atoms with Crippen molar-refractivity contribution in [2.75, 3.05) is 13.9 Å². The number of primary amides is 1. The Morgan fingerprint density at radius 3 is 2.96 bits per heavy atom. The van der Waals surface area contributed by atoms with Crippen LogP contribution in [0.2, 0.25) is 0 Å². The quantitative estimate of drug-likeness (QED) is 0.745.